The fourth-order valence-electron chi connectivity index (χ4n) is 20.0. The number of nitrogens with zero attached hydrogens (tertiary/aromatic N) is 4. The van der Waals surface area contributed by atoms with Gasteiger partial charge >= 0.3 is 0 Å². The van der Waals surface area contributed by atoms with E-state index in [4.69, 9.17) is 0 Å². The van der Waals surface area contributed by atoms with E-state index in [9.17, 15) is 33.9 Å². The van der Waals surface area contributed by atoms with Gasteiger partial charge in [-0.25, -0.2) is 0 Å². The summed E-state index contributed by atoms with van der Waals surface area (Å²) in [6.45, 7) is 32.4. The maximum absolute atomic E-state index is 13.3. The topological polar surface area (TPSA) is 244 Å². The molecule has 0 rings (SSSR count). The zero-order chi connectivity index (χ0) is 105. The second-order valence-electron chi connectivity index (χ2n) is 44.5. The highest BCUT2D eigenvalue weighted by Gasteiger charge is 2.22. The number of aliphatic hydroxyl groups excluding tert-OH is 1. The van der Waals surface area contributed by atoms with Crippen LogP contribution in [0.25, 0.3) is 0 Å². The molecule has 1 unspecified atom stereocenters. The third kappa shape index (κ3) is 119. The van der Waals surface area contributed by atoms with Gasteiger partial charge in [0.1, 0.15) is 0 Å². The first-order valence-corrected chi connectivity index (χ1v) is 64.6. The quantitative estimate of drug-likeness (QED) is 0.0255. The standard InChI is InChI=1S/C63H129N5O3.C62H126N8O4/c1-5-9-13-17-21-25-29-31-33-37-41-45-51-64-52-48-50-56-67(55-49-44-40-36-32-30-26-22-18-14-10-6-2)57-61(69)58-68(59-62(70)65-53-46-42-38-34-27-23-19-15-11-7-3)60-63(71)66-54-47-43-39-35-28-24-20-16-12-8-4;1-5-9-13-17-21-25-29-33-37-41-45-65-59(71)55-69(56-60(72)66-46-42-38-34-30-26-22-18-14-10-6-2)53-51-63-49-50-64-52-54-70(57-61(73)67-47-43-39-35-31-27-23-19-15-11-7-3)58-62(74)68-48-44-40-36-32-28-24-20-16-12-8-4/h61,64,69H,5-60H2,1-4H3,(H,65,70)(H,66,71);63-64H,5-58H2,1-4H3,(H,65,71)(H,66,72)(H,67,73)(H,68,74). The number of aliphatic hydroxyl groups is 1. The molecule has 0 aromatic rings. The summed E-state index contributed by atoms with van der Waals surface area (Å²) in [4.78, 5) is 87.1. The second kappa shape index (κ2) is 124. The van der Waals surface area contributed by atoms with Crippen LogP contribution in [0.5, 0.6) is 0 Å². The van der Waals surface area contributed by atoms with Crippen molar-refractivity contribution in [2.24, 2.45) is 0 Å². The number of rotatable bonds is 122. The average molecular weight is 2050 g/mol. The fourth-order valence-corrected chi connectivity index (χ4v) is 20.0. The van der Waals surface area contributed by atoms with Crippen LogP contribution in [0.15, 0.2) is 0 Å². The largest absolute Gasteiger partial charge is 0.390 e. The van der Waals surface area contributed by atoms with E-state index in [1.807, 2.05) is 14.7 Å². The maximum Gasteiger partial charge on any atom is 0.234 e. The van der Waals surface area contributed by atoms with Gasteiger partial charge in [0, 0.05) is 91.6 Å². The summed E-state index contributed by atoms with van der Waals surface area (Å²) in [6, 6.07) is 0. The highest BCUT2D eigenvalue weighted by molar-refractivity contribution is 5.82. The van der Waals surface area contributed by atoms with Crippen molar-refractivity contribution >= 4 is 35.4 Å². The Morgan fingerprint density at radius 2 is 0.290 bits per heavy atom. The lowest BCUT2D eigenvalue weighted by molar-refractivity contribution is -0.127. The van der Waals surface area contributed by atoms with E-state index in [0.29, 0.717) is 78.5 Å². The van der Waals surface area contributed by atoms with Gasteiger partial charge in [-0.2, -0.15) is 0 Å². The van der Waals surface area contributed by atoms with Crippen molar-refractivity contribution in [1.82, 2.24) is 67.5 Å². The first-order valence-electron chi connectivity index (χ1n) is 64.6. The number of amides is 6. The Labute approximate surface area is 902 Å². The second-order valence-corrected chi connectivity index (χ2v) is 44.5. The summed E-state index contributed by atoms with van der Waals surface area (Å²) in [7, 11) is 0. The molecule has 0 aliphatic carbocycles. The van der Waals surface area contributed by atoms with Gasteiger partial charge in [-0.05, 0) is 90.4 Å². The van der Waals surface area contributed by atoms with E-state index in [-0.39, 0.29) is 74.7 Å². The minimum Gasteiger partial charge on any atom is -0.390 e. The Balaban J connectivity index is 0. The van der Waals surface area contributed by atoms with Crippen LogP contribution in [-0.2, 0) is 28.8 Å². The zero-order valence-corrected chi connectivity index (χ0v) is 98.5. The van der Waals surface area contributed by atoms with Crippen molar-refractivity contribution in [3.05, 3.63) is 0 Å². The zero-order valence-electron chi connectivity index (χ0n) is 98.5. The molecule has 0 radical (unpaired) electrons. The molecule has 0 saturated heterocycles. The summed E-state index contributed by atoms with van der Waals surface area (Å²) >= 11 is 0. The van der Waals surface area contributed by atoms with Gasteiger partial charge in [0.05, 0.1) is 45.4 Å². The van der Waals surface area contributed by atoms with Crippen LogP contribution in [0.3, 0.4) is 0 Å². The number of nitrogens with one attached hydrogen (secondary N) is 9. The van der Waals surface area contributed by atoms with Crippen molar-refractivity contribution in [2.45, 2.75) is 614 Å². The molecule has 862 valence electrons. The lowest BCUT2D eigenvalue weighted by Gasteiger charge is -2.29. The first-order chi connectivity index (χ1) is 71.3. The van der Waals surface area contributed by atoms with Crippen LogP contribution in [0, 0.1) is 0 Å². The van der Waals surface area contributed by atoms with Crippen LogP contribution in [0.2, 0.25) is 0 Å². The van der Waals surface area contributed by atoms with Crippen LogP contribution in [0.4, 0.5) is 0 Å². The van der Waals surface area contributed by atoms with Gasteiger partial charge in [-0.1, -0.05) is 543 Å². The van der Waals surface area contributed by atoms with E-state index < -0.39 is 6.10 Å². The molecule has 0 aliphatic rings. The van der Waals surface area contributed by atoms with Crippen molar-refractivity contribution in [3.8, 4) is 0 Å². The predicted octanol–water partition coefficient (Wildman–Crippen LogP) is 29.7. The highest BCUT2D eigenvalue weighted by Crippen LogP contribution is 2.20. The minimum atomic E-state index is -0.624. The average Bonchev–Trinajstić information content (AvgIpc) is 0.917. The Morgan fingerprint density at radius 3 is 0.483 bits per heavy atom. The number of carbonyl (C=O) groups excluding carboxylic acids is 6. The predicted molar refractivity (Wildman–Crippen MR) is 631 cm³/mol. The molecular weight excluding hydrogens is 1800 g/mol. The Kier molecular flexibility index (Phi) is 123. The molecule has 0 fully saturated rings. The van der Waals surface area contributed by atoms with Gasteiger partial charge in [-0.15, -0.1) is 0 Å². The molecular formula is C125H255N13O7. The number of hydrogen-bond donors (Lipinski definition) is 10. The van der Waals surface area contributed by atoms with E-state index in [2.05, 4.69) is 108 Å². The van der Waals surface area contributed by atoms with E-state index in [0.717, 1.165) is 136 Å². The Hall–Kier alpha value is -3.50. The molecule has 0 bridgehead atoms. The van der Waals surface area contributed by atoms with E-state index in [1.54, 1.807) is 0 Å². The van der Waals surface area contributed by atoms with Gasteiger partial charge in [0.25, 0.3) is 0 Å². The molecule has 0 saturated carbocycles. The van der Waals surface area contributed by atoms with Crippen molar-refractivity contribution < 1.29 is 33.9 Å². The molecule has 0 aromatic heterocycles. The van der Waals surface area contributed by atoms with Crippen LogP contribution in [-0.4, -0.2) is 223 Å². The smallest absolute Gasteiger partial charge is 0.234 e. The van der Waals surface area contributed by atoms with Gasteiger partial charge < -0.3 is 57.9 Å². The summed E-state index contributed by atoms with van der Waals surface area (Å²) in [5, 5.41) is 41.1. The van der Waals surface area contributed by atoms with Gasteiger partial charge in [-0.3, -0.25) is 43.5 Å². The Bertz CT molecular complexity index is 2390. The maximum atomic E-state index is 13.3. The summed E-state index contributed by atoms with van der Waals surface area (Å²) in [6.07, 6.45) is 110. The van der Waals surface area contributed by atoms with E-state index in [1.165, 1.54) is 456 Å². The third-order valence-corrected chi connectivity index (χ3v) is 29.6. The monoisotopic (exact) mass is 2050 g/mol. The molecule has 10 N–H and O–H groups in total. The minimum absolute atomic E-state index is 0.0189. The molecule has 20 nitrogen and oxygen atoms in total. The molecule has 0 aliphatic heterocycles. The molecule has 0 spiro atoms. The molecule has 0 aromatic carbocycles. The number of hydrogen-bond acceptors (Lipinski definition) is 14. The van der Waals surface area contributed by atoms with Crippen LogP contribution >= 0.6 is 0 Å². The fraction of sp³-hybridized carbons (Fsp3) is 0.952. The normalized spacial score (nSPS) is 11.8. The van der Waals surface area contributed by atoms with Gasteiger partial charge in [0.15, 0.2) is 0 Å². The Morgan fingerprint density at radius 1 is 0.152 bits per heavy atom. The van der Waals surface area contributed by atoms with Crippen LogP contribution < -0.4 is 47.9 Å². The highest BCUT2D eigenvalue weighted by atomic mass is 16.3. The van der Waals surface area contributed by atoms with Gasteiger partial charge in [0.2, 0.25) is 35.4 Å². The lowest BCUT2D eigenvalue weighted by Crippen LogP contribution is -2.48. The molecule has 1 atom stereocenters. The molecule has 20 heteroatoms. The summed E-state index contributed by atoms with van der Waals surface area (Å²) in [5.41, 5.74) is 0. The third-order valence-electron chi connectivity index (χ3n) is 29.6. The first kappa shape index (κ1) is 144. The SMILES string of the molecule is CCCCCCCCCCCCCCNCCCCN(CCCCCCCCCCCCCC)CC(O)CN(CC(=O)NCCCCCCCCCCCC)CC(=O)NCCCCCCCCCCCC.CCCCCCCCCCCCNC(=O)CN(CCNCCNCCN(CC(=O)NCCCCCCCCCCCC)CC(=O)NCCCCCCCCCCCC)CC(=O)NCCCCCCCCCCCC. The lowest BCUT2D eigenvalue weighted by atomic mass is 10.1. The van der Waals surface area contributed by atoms with Crippen molar-refractivity contribution in [3.63, 3.8) is 0 Å². The van der Waals surface area contributed by atoms with Crippen LogP contribution in [0.1, 0.15) is 608 Å². The summed E-state index contributed by atoms with van der Waals surface area (Å²) < 4.78 is 0. The molecule has 0 heterocycles. The molecule has 145 heavy (non-hydrogen) atoms. The van der Waals surface area contributed by atoms with Crippen molar-refractivity contribution in [2.75, 3.05) is 157 Å². The van der Waals surface area contributed by atoms with E-state index >= 15 is 0 Å². The molecule has 6 amide bonds. The number of carbonyl (C=O) groups is 6. The van der Waals surface area contributed by atoms with Crippen molar-refractivity contribution in [1.29, 1.82) is 0 Å². The summed E-state index contributed by atoms with van der Waals surface area (Å²) in [5.74, 6) is -0.159. The number of unbranched alkanes of at least 4 members (excludes halogenated alkanes) is 77.